The molecule has 1 aromatic heterocycles. The lowest BCUT2D eigenvalue weighted by molar-refractivity contribution is 0.103. The fourth-order valence-corrected chi connectivity index (χ4v) is 1.99. The highest BCUT2D eigenvalue weighted by Gasteiger charge is 2.17. The lowest BCUT2D eigenvalue weighted by Gasteiger charge is -2.08. The van der Waals surface area contributed by atoms with Crippen LogP contribution in [0.25, 0.3) is 0 Å². The van der Waals surface area contributed by atoms with E-state index < -0.39 is 0 Å². The van der Waals surface area contributed by atoms with E-state index >= 15 is 0 Å². The lowest BCUT2D eigenvalue weighted by Crippen LogP contribution is -2.04. The molecule has 1 heterocycles. The van der Waals surface area contributed by atoms with E-state index in [-0.39, 0.29) is 16.4 Å². The maximum absolute atomic E-state index is 12.2. The molecule has 2 nitrogen and oxygen atoms in total. The Morgan fingerprint density at radius 1 is 1.24 bits per heavy atom. The van der Waals surface area contributed by atoms with Crippen molar-refractivity contribution in [3.05, 3.63) is 70.3 Å². The fourth-order valence-electron chi connectivity index (χ4n) is 1.45. The van der Waals surface area contributed by atoms with Crippen LogP contribution < -0.4 is 0 Å². The van der Waals surface area contributed by atoms with Gasteiger partial charge >= 0.3 is 0 Å². The summed E-state index contributed by atoms with van der Waals surface area (Å²) in [7, 11) is 0. The van der Waals surface area contributed by atoms with Gasteiger partial charge in [-0.1, -0.05) is 29.3 Å². The molecule has 2 aromatic rings. The highest BCUT2D eigenvalue weighted by Crippen LogP contribution is 2.29. The Kier molecular flexibility index (Phi) is 3.46. The van der Waals surface area contributed by atoms with Crippen LogP contribution in [0.15, 0.2) is 36.7 Å². The summed E-state index contributed by atoms with van der Waals surface area (Å²) in [6.45, 7) is 3.74. The third-order valence-corrected chi connectivity index (χ3v) is 3.07. The number of hydrogen-bond donors (Lipinski definition) is 0. The van der Waals surface area contributed by atoms with Crippen LogP contribution in [0.1, 0.15) is 21.5 Å². The molecule has 2 rings (SSSR count). The van der Waals surface area contributed by atoms with Crippen LogP contribution in [0.5, 0.6) is 0 Å². The van der Waals surface area contributed by atoms with Crippen molar-refractivity contribution in [1.29, 1.82) is 0 Å². The number of halogens is 2. The van der Waals surface area contributed by atoms with Gasteiger partial charge in [0.1, 0.15) is 0 Å². The Bertz CT molecular complexity index is 567. The molecule has 0 N–H and O–H groups in total. The molecular weight excluding hydrogens is 257 g/mol. The van der Waals surface area contributed by atoms with Gasteiger partial charge in [-0.05, 0) is 30.7 Å². The number of carbonyl (C=O) groups is 1. The number of hydrogen-bond acceptors (Lipinski definition) is 2. The number of benzene rings is 1. The first kappa shape index (κ1) is 12.1. The first-order chi connectivity index (χ1) is 8.11. The molecule has 1 aromatic carbocycles. The second-order valence-electron chi connectivity index (χ2n) is 3.47. The van der Waals surface area contributed by atoms with Gasteiger partial charge in [0.15, 0.2) is 5.78 Å². The zero-order valence-electron chi connectivity index (χ0n) is 8.78. The second-order valence-corrected chi connectivity index (χ2v) is 4.25. The van der Waals surface area contributed by atoms with E-state index in [1.807, 2.05) is 0 Å². The smallest absolute Gasteiger partial charge is 0.197 e. The third-order valence-electron chi connectivity index (χ3n) is 2.32. The Morgan fingerprint density at radius 2 is 2.00 bits per heavy atom. The van der Waals surface area contributed by atoms with Gasteiger partial charge in [0, 0.05) is 18.0 Å². The zero-order chi connectivity index (χ0) is 12.4. The van der Waals surface area contributed by atoms with Crippen LogP contribution in [-0.4, -0.2) is 10.8 Å². The highest BCUT2D eigenvalue weighted by molar-refractivity contribution is 6.41. The summed E-state index contributed by atoms with van der Waals surface area (Å²) in [5, 5.41) is 0.600. The van der Waals surface area contributed by atoms with Crippen molar-refractivity contribution < 1.29 is 4.79 Å². The molecule has 0 spiro atoms. The monoisotopic (exact) mass is 264 g/mol. The normalized spacial score (nSPS) is 10.3. The maximum atomic E-state index is 12.2. The van der Waals surface area contributed by atoms with E-state index in [2.05, 4.69) is 11.9 Å². The van der Waals surface area contributed by atoms with E-state index in [0.29, 0.717) is 16.1 Å². The fraction of sp³-hybridized carbons (Fsp3) is 0. The van der Waals surface area contributed by atoms with Gasteiger partial charge in [-0.15, -0.1) is 0 Å². The average molecular weight is 265 g/mol. The Labute approximate surface area is 109 Å². The summed E-state index contributed by atoms with van der Waals surface area (Å²) in [5.41, 5.74) is 1.29. The molecule has 0 saturated carbocycles. The van der Waals surface area contributed by atoms with E-state index in [4.69, 9.17) is 23.2 Å². The number of aromatic nitrogens is 1. The Hall–Kier alpha value is -1.38. The van der Waals surface area contributed by atoms with Crippen molar-refractivity contribution in [2.24, 2.45) is 0 Å². The first-order valence-electron chi connectivity index (χ1n) is 4.86. The van der Waals surface area contributed by atoms with Crippen LogP contribution >= 0.6 is 23.2 Å². The predicted octanol–water partition coefficient (Wildman–Crippen LogP) is 3.80. The van der Waals surface area contributed by atoms with Crippen molar-refractivity contribution in [3.8, 4) is 0 Å². The van der Waals surface area contributed by atoms with Crippen molar-refractivity contribution in [2.75, 3.05) is 0 Å². The van der Waals surface area contributed by atoms with Gasteiger partial charge < -0.3 is 0 Å². The molecule has 0 unspecified atom stereocenters. The van der Waals surface area contributed by atoms with Crippen LogP contribution in [0.2, 0.25) is 10.0 Å². The first-order valence-corrected chi connectivity index (χ1v) is 5.61. The van der Waals surface area contributed by atoms with Gasteiger partial charge in [-0.2, -0.15) is 0 Å². The van der Waals surface area contributed by atoms with Crippen LogP contribution in [0, 0.1) is 6.92 Å². The van der Waals surface area contributed by atoms with Gasteiger partial charge in [-0.3, -0.25) is 9.78 Å². The summed E-state index contributed by atoms with van der Waals surface area (Å²) >= 11 is 12.0. The molecule has 0 aliphatic carbocycles. The minimum atomic E-state index is -0.251. The summed E-state index contributed by atoms with van der Waals surface area (Å²) in [5.74, 6) is -0.251. The molecule has 0 amide bonds. The highest BCUT2D eigenvalue weighted by atomic mass is 35.5. The molecule has 0 aliphatic rings. The number of rotatable bonds is 2. The van der Waals surface area contributed by atoms with E-state index in [9.17, 15) is 4.79 Å². The van der Waals surface area contributed by atoms with E-state index in [0.717, 1.165) is 0 Å². The molecule has 0 aliphatic heterocycles. The van der Waals surface area contributed by atoms with E-state index in [1.165, 1.54) is 6.20 Å². The third kappa shape index (κ3) is 2.33. The zero-order valence-corrected chi connectivity index (χ0v) is 10.3. The Morgan fingerprint density at radius 3 is 2.65 bits per heavy atom. The minimum Gasteiger partial charge on any atom is -0.288 e. The molecule has 0 atom stereocenters. The number of ketones is 1. The van der Waals surface area contributed by atoms with Gasteiger partial charge in [-0.25, -0.2) is 0 Å². The SMILES string of the molecule is [CH2]c1ccc(Cl)c(C(=O)c2cccnc2)c1Cl. The molecule has 4 heteroatoms. The van der Waals surface area contributed by atoms with Gasteiger partial charge in [0.2, 0.25) is 0 Å². The molecule has 1 radical (unpaired) electrons. The minimum absolute atomic E-state index is 0.251. The number of pyridine rings is 1. The largest absolute Gasteiger partial charge is 0.288 e. The molecule has 0 bridgehead atoms. The van der Waals surface area contributed by atoms with Gasteiger partial charge in [0.05, 0.1) is 15.6 Å². The summed E-state index contributed by atoms with van der Waals surface area (Å²) in [4.78, 5) is 16.1. The molecule has 85 valence electrons. The quantitative estimate of drug-likeness (QED) is 0.773. The van der Waals surface area contributed by atoms with Crippen LogP contribution in [0.3, 0.4) is 0 Å². The van der Waals surface area contributed by atoms with Crippen LogP contribution in [0.4, 0.5) is 0 Å². The molecule has 0 fully saturated rings. The molecule has 17 heavy (non-hydrogen) atoms. The van der Waals surface area contributed by atoms with Crippen molar-refractivity contribution in [1.82, 2.24) is 4.98 Å². The summed E-state index contributed by atoms with van der Waals surface area (Å²) < 4.78 is 0. The van der Waals surface area contributed by atoms with E-state index in [1.54, 1.807) is 30.5 Å². The predicted molar refractivity (Wildman–Crippen MR) is 68.6 cm³/mol. The standard InChI is InChI=1S/C13H8Cl2NO/c1-8-4-5-10(14)11(12(8)15)13(17)9-3-2-6-16-7-9/h2-7H,1H2. The number of carbonyl (C=O) groups excluding carboxylic acids is 1. The van der Waals surface area contributed by atoms with Crippen molar-refractivity contribution in [3.63, 3.8) is 0 Å². The Balaban J connectivity index is 2.56. The van der Waals surface area contributed by atoms with Crippen LogP contribution in [-0.2, 0) is 0 Å². The topological polar surface area (TPSA) is 30.0 Å². The lowest BCUT2D eigenvalue weighted by atomic mass is 10.0. The average Bonchev–Trinajstić information content (AvgIpc) is 2.35. The summed E-state index contributed by atoms with van der Waals surface area (Å²) in [6, 6.07) is 6.63. The second kappa shape index (κ2) is 4.86. The van der Waals surface area contributed by atoms with Gasteiger partial charge in [0.25, 0.3) is 0 Å². The maximum Gasteiger partial charge on any atom is 0.197 e. The van der Waals surface area contributed by atoms with Crippen molar-refractivity contribution in [2.45, 2.75) is 0 Å². The molecular formula is C13H8Cl2NO. The van der Waals surface area contributed by atoms with Crippen molar-refractivity contribution >= 4 is 29.0 Å². The number of nitrogens with zero attached hydrogens (tertiary/aromatic N) is 1. The summed E-state index contributed by atoms with van der Waals surface area (Å²) in [6.07, 6.45) is 3.07. The molecule has 0 saturated heterocycles.